The fraction of sp³-hybridized carbons (Fsp3) is 0.571. The van der Waals surface area contributed by atoms with E-state index in [1.54, 1.807) is 4.90 Å². The summed E-state index contributed by atoms with van der Waals surface area (Å²) >= 11 is 0. The number of ether oxygens (including phenoxy) is 2. The lowest BCUT2D eigenvalue weighted by atomic mass is 10.1. The first-order valence-corrected chi connectivity index (χ1v) is 11.1. The molecular weight excluding hydrogens is 416 g/mol. The van der Waals surface area contributed by atoms with E-state index in [4.69, 9.17) is 24.6 Å². The van der Waals surface area contributed by atoms with Crippen LogP contribution in [0, 0.1) is 0 Å². The molecule has 170 valence electrons. The van der Waals surface area contributed by atoms with Gasteiger partial charge in [-0.05, 0) is 19.3 Å². The summed E-state index contributed by atoms with van der Waals surface area (Å²) in [5.74, 6) is -0.293. The standard InChI is InChI=1S/C21H26N6O5/c22-18(29)15-11-31-21(26-4-3-13(28)10-26)27(15)14-9-16-19(23-17(14)12-1-2-12)24-20(32-16)25-5-7-30-8-6-25/h9,11-13,21,28H,1-8,10H2,(H2,22,29)/t13?,21-/m0/s1. The van der Waals surface area contributed by atoms with E-state index >= 15 is 0 Å². The largest absolute Gasteiger partial charge is 0.462 e. The molecule has 5 heterocycles. The van der Waals surface area contributed by atoms with E-state index in [0.29, 0.717) is 63.1 Å². The van der Waals surface area contributed by atoms with Gasteiger partial charge in [0.25, 0.3) is 11.9 Å². The predicted octanol–water partition coefficient (Wildman–Crippen LogP) is 0.450. The van der Waals surface area contributed by atoms with Gasteiger partial charge in [-0.3, -0.25) is 9.69 Å². The van der Waals surface area contributed by atoms with E-state index in [2.05, 4.69) is 4.98 Å². The summed E-state index contributed by atoms with van der Waals surface area (Å²) in [6, 6.07) is 2.41. The van der Waals surface area contributed by atoms with Gasteiger partial charge in [-0.25, -0.2) is 9.88 Å². The zero-order valence-electron chi connectivity index (χ0n) is 17.6. The molecular formula is C21H26N6O5. The van der Waals surface area contributed by atoms with Crippen LogP contribution in [-0.2, 0) is 14.3 Å². The van der Waals surface area contributed by atoms with Crippen LogP contribution in [0.1, 0.15) is 30.9 Å². The Labute approximate surface area is 184 Å². The van der Waals surface area contributed by atoms with Gasteiger partial charge in [0, 0.05) is 38.2 Å². The number of anilines is 2. The number of nitrogens with two attached hydrogens (primary N) is 1. The molecule has 2 aromatic rings. The van der Waals surface area contributed by atoms with Gasteiger partial charge < -0.3 is 29.6 Å². The van der Waals surface area contributed by atoms with Crippen molar-refractivity contribution in [3.63, 3.8) is 0 Å². The molecule has 11 heteroatoms. The van der Waals surface area contributed by atoms with Gasteiger partial charge in [-0.1, -0.05) is 0 Å². The monoisotopic (exact) mass is 442 g/mol. The molecule has 11 nitrogen and oxygen atoms in total. The first-order valence-electron chi connectivity index (χ1n) is 11.1. The molecule has 1 unspecified atom stereocenters. The Bertz CT molecular complexity index is 1080. The van der Waals surface area contributed by atoms with Crippen LogP contribution >= 0.6 is 0 Å². The number of amides is 1. The smallest absolute Gasteiger partial charge is 0.300 e. The normalized spacial score (nSPS) is 26.6. The zero-order chi connectivity index (χ0) is 21.8. The summed E-state index contributed by atoms with van der Waals surface area (Å²) in [6.07, 6.45) is 3.10. The van der Waals surface area contributed by atoms with E-state index in [1.165, 1.54) is 6.26 Å². The Morgan fingerprint density at radius 3 is 2.66 bits per heavy atom. The van der Waals surface area contributed by atoms with Crippen molar-refractivity contribution in [1.29, 1.82) is 0 Å². The summed E-state index contributed by atoms with van der Waals surface area (Å²) in [4.78, 5) is 27.6. The lowest BCUT2D eigenvalue weighted by Gasteiger charge is -2.33. The number of morpholine rings is 1. The highest BCUT2D eigenvalue weighted by molar-refractivity contribution is 5.97. The minimum absolute atomic E-state index is 0.257. The van der Waals surface area contributed by atoms with E-state index in [-0.39, 0.29) is 11.6 Å². The lowest BCUT2D eigenvalue weighted by Crippen LogP contribution is -2.47. The molecule has 2 saturated heterocycles. The van der Waals surface area contributed by atoms with E-state index in [9.17, 15) is 9.90 Å². The molecule has 3 fully saturated rings. The predicted molar refractivity (Wildman–Crippen MR) is 114 cm³/mol. The number of likely N-dealkylation sites (tertiary alicyclic amines) is 1. The molecule has 3 aliphatic heterocycles. The quantitative estimate of drug-likeness (QED) is 0.673. The molecule has 4 aliphatic rings. The molecule has 1 aliphatic carbocycles. The minimum Gasteiger partial charge on any atom is -0.462 e. The number of β-amino-alcohol motifs (C(OH)–C–C–N with tert-alkyl or cyclic N) is 1. The summed E-state index contributed by atoms with van der Waals surface area (Å²) in [5.41, 5.74) is 8.65. The molecule has 32 heavy (non-hydrogen) atoms. The summed E-state index contributed by atoms with van der Waals surface area (Å²) in [7, 11) is 0. The molecule has 0 aromatic carbocycles. The van der Waals surface area contributed by atoms with Crippen LogP contribution in [0.15, 0.2) is 22.4 Å². The van der Waals surface area contributed by atoms with Crippen LogP contribution < -0.4 is 15.5 Å². The van der Waals surface area contributed by atoms with Crippen molar-refractivity contribution in [3.8, 4) is 0 Å². The number of pyridine rings is 1. The number of aliphatic hydroxyl groups is 1. The molecule has 6 rings (SSSR count). The maximum absolute atomic E-state index is 12.3. The van der Waals surface area contributed by atoms with Crippen LogP contribution in [0.3, 0.4) is 0 Å². The Morgan fingerprint density at radius 2 is 1.97 bits per heavy atom. The van der Waals surface area contributed by atoms with Crippen molar-refractivity contribution in [2.45, 2.75) is 37.6 Å². The average Bonchev–Trinajstić information content (AvgIpc) is 3.19. The van der Waals surface area contributed by atoms with Gasteiger partial charge >= 0.3 is 0 Å². The third-order valence-electron chi connectivity index (χ3n) is 6.43. The van der Waals surface area contributed by atoms with Gasteiger partial charge in [-0.15, -0.1) is 0 Å². The maximum Gasteiger partial charge on any atom is 0.300 e. The molecule has 3 N–H and O–H groups in total. The fourth-order valence-electron chi connectivity index (χ4n) is 4.60. The summed E-state index contributed by atoms with van der Waals surface area (Å²) in [5, 5.41) is 10.0. The van der Waals surface area contributed by atoms with Gasteiger partial charge in [0.15, 0.2) is 5.58 Å². The van der Waals surface area contributed by atoms with Crippen molar-refractivity contribution in [3.05, 3.63) is 23.7 Å². The Hall–Kier alpha value is -2.89. The van der Waals surface area contributed by atoms with E-state index in [1.807, 2.05) is 15.9 Å². The Balaban J connectivity index is 1.43. The third kappa shape index (κ3) is 3.37. The zero-order valence-corrected chi connectivity index (χ0v) is 17.6. The van der Waals surface area contributed by atoms with Crippen molar-refractivity contribution in [1.82, 2.24) is 14.9 Å². The Morgan fingerprint density at radius 1 is 1.16 bits per heavy atom. The number of oxazole rings is 1. The van der Waals surface area contributed by atoms with Crippen molar-refractivity contribution in [2.24, 2.45) is 5.73 Å². The van der Waals surface area contributed by atoms with Crippen LogP contribution in [0.4, 0.5) is 11.7 Å². The average molecular weight is 442 g/mol. The van der Waals surface area contributed by atoms with Gasteiger partial charge in [0.2, 0.25) is 12.0 Å². The van der Waals surface area contributed by atoms with Crippen LogP contribution in [-0.4, -0.2) is 77.7 Å². The molecule has 0 bridgehead atoms. The van der Waals surface area contributed by atoms with Crippen molar-refractivity contribution >= 4 is 28.8 Å². The number of carbonyl (C=O) groups excluding carboxylic acids is 1. The highest BCUT2D eigenvalue weighted by Crippen LogP contribution is 2.46. The molecule has 2 atom stereocenters. The molecule has 0 spiro atoms. The number of carbonyl (C=O) groups is 1. The number of hydrogen-bond donors (Lipinski definition) is 2. The summed E-state index contributed by atoms with van der Waals surface area (Å²) in [6.45, 7) is 3.79. The fourth-order valence-corrected chi connectivity index (χ4v) is 4.60. The SMILES string of the molecule is NC(=O)C1=CO[C@@H](N2CCC(O)C2)N1c1cc2oc(N3CCOCC3)nc2nc1C1CC1. The van der Waals surface area contributed by atoms with Gasteiger partial charge in [-0.2, -0.15) is 4.98 Å². The van der Waals surface area contributed by atoms with Gasteiger partial charge in [0.1, 0.15) is 12.0 Å². The molecule has 0 radical (unpaired) electrons. The number of aromatic nitrogens is 2. The lowest BCUT2D eigenvalue weighted by molar-refractivity contribution is -0.114. The van der Waals surface area contributed by atoms with Crippen LogP contribution in [0.2, 0.25) is 0 Å². The first kappa shape index (κ1) is 19.8. The van der Waals surface area contributed by atoms with E-state index < -0.39 is 18.4 Å². The second-order valence-electron chi connectivity index (χ2n) is 8.72. The molecule has 1 amide bonds. The minimum atomic E-state index is -0.583. The molecule has 2 aromatic heterocycles. The van der Waals surface area contributed by atoms with Crippen molar-refractivity contribution < 1.29 is 23.8 Å². The number of aliphatic hydroxyl groups excluding tert-OH is 1. The second-order valence-corrected chi connectivity index (χ2v) is 8.72. The number of nitrogens with zero attached hydrogens (tertiary/aromatic N) is 5. The summed E-state index contributed by atoms with van der Waals surface area (Å²) < 4.78 is 17.4. The van der Waals surface area contributed by atoms with Crippen molar-refractivity contribution in [2.75, 3.05) is 49.2 Å². The topological polar surface area (TPSA) is 130 Å². The highest BCUT2D eigenvalue weighted by Gasteiger charge is 2.42. The number of primary amides is 1. The third-order valence-corrected chi connectivity index (χ3v) is 6.43. The van der Waals surface area contributed by atoms with Crippen LogP contribution in [0.5, 0.6) is 0 Å². The Kier molecular flexibility index (Phi) is 4.70. The van der Waals surface area contributed by atoms with Crippen LogP contribution in [0.25, 0.3) is 11.2 Å². The second kappa shape index (κ2) is 7.61. The number of rotatable bonds is 5. The first-order chi connectivity index (χ1) is 15.6. The highest BCUT2D eigenvalue weighted by atomic mass is 16.5. The van der Waals surface area contributed by atoms with Gasteiger partial charge in [0.05, 0.1) is 30.7 Å². The number of hydrogen-bond acceptors (Lipinski definition) is 10. The molecule has 1 saturated carbocycles. The van der Waals surface area contributed by atoms with E-state index in [0.717, 1.165) is 24.2 Å². The number of fused-ring (bicyclic) bond motifs is 1. The maximum atomic E-state index is 12.3.